The summed E-state index contributed by atoms with van der Waals surface area (Å²) < 4.78 is 26.5. The summed E-state index contributed by atoms with van der Waals surface area (Å²) >= 11 is 14.8. The molecule has 1 aromatic carbocycles. The third kappa shape index (κ3) is 3.09. The summed E-state index contributed by atoms with van der Waals surface area (Å²) in [6.07, 6.45) is 1.38. The zero-order valence-electron chi connectivity index (χ0n) is 10.2. The number of benzene rings is 1. The second-order valence-electron chi connectivity index (χ2n) is 3.89. The highest BCUT2D eigenvalue weighted by Crippen LogP contribution is 2.29. The fourth-order valence-electron chi connectivity index (χ4n) is 1.52. The van der Waals surface area contributed by atoms with Crippen LogP contribution in [0, 0.1) is 0 Å². The first kappa shape index (κ1) is 15.6. The Morgan fingerprint density at radius 1 is 1.15 bits per heavy atom. The minimum Gasteiger partial charge on any atom is -0.252 e. The second kappa shape index (κ2) is 5.89. The Balaban J connectivity index is 2.45. The number of aromatic nitrogens is 1. The SMILES string of the molecule is CN(c1ncc(Cl)cc1Br)S(=O)(=O)c1ccc(Cl)cc1. The van der Waals surface area contributed by atoms with Gasteiger partial charge in [-0.1, -0.05) is 23.2 Å². The third-order valence-electron chi connectivity index (χ3n) is 2.56. The van der Waals surface area contributed by atoms with Crippen molar-refractivity contribution in [2.24, 2.45) is 0 Å². The molecule has 0 aliphatic carbocycles. The second-order valence-corrected chi connectivity index (χ2v) is 7.58. The Kier molecular flexibility index (Phi) is 4.59. The molecule has 0 atom stereocenters. The summed E-state index contributed by atoms with van der Waals surface area (Å²) in [7, 11) is -2.28. The number of halogens is 3. The fraction of sp³-hybridized carbons (Fsp3) is 0.0833. The molecule has 4 nitrogen and oxygen atoms in total. The van der Waals surface area contributed by atoms with Gasteiger partial charge in [0, 0.05) is 18.3 Å². The van der Waals surface area contributed by atoms with Gasteiger partial charge in [0.05, 0.1) is 14.4 Å². The minimum absolute atomic E-state index is 0.132. The number of sulfonamides is 1. The molecule has 20 heavy (non-hydrogen) atoms. The average Bonchev–Trinajstić information content (AvgIpc) is 2.38. The first-order valence-corrected chi connectivity index (χ1v) is 8.37. The van der Waals surface area contributed by atoms with Gasteiger partial charge in [-0.3, -0.25) is 4.31 Å². The van der Waals surface area contributed by atoms with E-state index in [1.165, 1.54) is 37.5 Å². The molecule has 0 aliphatic heterocycles. The normalized spacial score (nSPS) is 11.4. The number of anilines is 1. The summed E-state index contributed by atoms with van der Waals surface area (Å²) in [6, 6.07) is 7.51. The molecule has 0 saturated carbocycles. The Morgan fingerprint density at radius 2 is 1.75 bits per heavy atom. The molecule has 0 spiro atoms. The highest BCUT2D eigenvalue weighted by atomic mass is 79.9. The van der Waals surface area contributed by atoms with Crippen LogP contribution < -0.4 is 4.31 Å². The van der Waals surface area contributed by atoms with E-state index < -0.39 is 10.0 Å². The van der Waals surface area contributed by atoms with Crippen molar-refractivity contribution in [2.75, 3.05) is 11.4 Å². The van der Waals surface area contributed by atoms with Crippen LogP contribution in [0.3, 0.4) is 0 Å². The molecule has 106 valence electrons. The summed E-state index contributed by atoms with van der Waals surface area (Å²) in [5, 5.41) is 0.885. The lowest BCUT2D eigenvalue weighted by atomic mass is 10.4. The number of pyridine rings is 1. The lowest BCUT2D eigenvalue weighted by Gasteiger charge is -2.19. The van der Waals surface area contributed by atoms with Gasteiger partial charge in [0.1, 0.15) is 0 Å². The highest BCUT2D eigenvalue weighted by molar-refractivity contribution is 9.10. The van der Waals surface area contributed by atoms with Crippen molar-refractivity contribution in [2.45, 2.75) is 4.90 Å². The van der Waals surface area contributed by atoms with Crippen LogP contribution in [0.15, 0.2) is 45.9 Å². The van der Waals surface area contributed by atoms with Gasteiger partial charge >= 0.3 is 0 Å². The lowest BCUT2D eigenvalue weighted by molar-refractivity contribution is 0.594. The molecule has 0 aliphatic rings. The maximum absolute atomic E-state index is 12.5. The number of hydrogen-bond acceptors (Lipinski definition) is 3. The summed E-state index contributed by atoms with van der Waals surface area (Å²) in [4.78, 5) is 4.16. The standard InChI is InChI=1S/C12H9BrCl2N2O2S/c1-17(12-11(13)6-9(15)7-16-12)20(18,19)10-4-2-8(14)3-5-10/h2-7H,1H3. The number of nitrogens with zero attached hydrogens (tertiary/aromatic N) is 2. The van der Waals surface area contributed by atoms with E-state index in [0.29, 0.717) is 14.5 Å². The maximum Gasteiger partial charge on any atom is 0.265 e. The van der Waals surface area contributed by atoms with Crippen molar-refractivity contribution < 1.29 is 8.42 Å². The zero-order chi connectivity index (χ0) is 14.9. The van der Waals surface area contributed by atoms with E-state index in [1.807, 2.05) is 0 Å². The summed E-state index contributed by atoms with van der Waals surface area (Å²) in [6.45, 7) is 0. The van der Waals surface area contributed by atoms with Gasteiger partial charge in [-0.15, -0.1) is 0 Å². The zero-order valence-corrected chi connectivity index (χ0v) is 14.1. The van der Waals surface area contributed by atoms with E-state index in [-0.39, 0.29) is 10.7 Å². The van der Waals surface area contributed by atoms with E-state index in [4.69, 9.17) is 23.2 Å². The van der Waals surface area contributed by atoms with Gasteiger partial charge in [0.25, 0.3) is 10.0 Å². The molecule has 1 aromatic heterocycles. The third-order valence-corrected chi connectivity index (χ3v) is 5.36. The van der Waals surface area contributed by atoms with E-state index in [0.717, 1.165) is 4.31 Å². The fourth-order valence-corrected chi connectivity index (χ4v) is 3.84. The first-order chi connectivity index (χ1) is 9.32. The van der Waals surface area contributed by atoms with Crippen molar-refractivity contribution in [3.05, 3.63) is 51.0 Å². The van der Waals surface area contributed by atoms with Crippen molar-refractivity contribution in [1.82, 2.24) is 4.98 Å². The van der Waals surface area contributed by atoms with Crippen molar-refractivity contribution in [1.29, 1.82) is 0 Å². The Hall–Kier alpha value is -0.820. The van der Waals surface area contributed by atoms with Crippen LogP contribution in [0.25, 0.3) is 0 Å². The summed E-state index contributed by atoms with van der Waals surface area (Å²) in [5.74, 6) is 0.254. The van der Waals surface area contributed by atoms with Crippen molar-refractivity contribution in [3.8, 4) is 0 Å². The van der Waals surface area contributed by atoms with Crippen molar-refractivity contribution >= 4 is 55.0 Å². The molecule has 0 N–H and O–H groups in total. The lowest BCUT2D eigenvalue weighted by Crippen LogP contribution is -2.27. The highest BCUT2D eigenvalue weighted by Gasteiger charge is 2.23. The summed E-state index contributed by atoms with van der Waals surface area (Å²) in [5.41, 5.74) is 0. The molecule has 0 saturated heterocycles. The van der Waals surface area contributed by atoms with E-state index in [1.54, 1.807) is 6.07 Å². The van der Waals surface area contributed by atoms with Gasteiger partial charge in [-0.2, -0.15) is 0 Å². The number of rotatable bonds is 3. The molecule has 0 unspecified atom stereocenters. The smallest absolute Gasteiger partial charge is 0.252 e. The van der Waals surface area contributed by atoms with Crippen LogP contribution in [-0.4, -0.2) is 20.4 Å². The van der Waals surface area contributed by atoms with Gasteiger partial charge in [0.2, 0.25) is 0 Å². The van der Waals surface area contributed by atoms with E-state index >= 15 is 0 Å². The van der Waals surface area contributed by atoms with Gasteiger partial charge in [0.15, 0.2) is 5.82 Å². The predicted octanol–water partition coefficient (Wildman–Crippen LogP) is 3.98. The Morgan fingerprint density at radius 3 is 2.30 bits per heavy atom. The van der Waals surface area contributed by atoms with Crippen LogP contribution in [0.4, 0.5) is 5.82 Å². The molecule has 1 heterocycles. The van der Waals surface area contributed by atoms with E-state index in [2.05, 4.69) is 20.9 Å². The Labute approximate surface area is 135 Å². The van der Waals surface area contributed by atoms with Crippen LogP contribution in [0.5, 0.6) is 0 Å². The predicted molar refractivity (Wildman–Crippen MR) is 84.0 cm³/mol. The molecule has 8 heteroatoms. The molecule has 0 fully saturated rings. The molecular weight excluding hydrogens is 387 g/mol. The van der Waals surface area contributed by atoms with Gasteiger partial charge in [-0.25, -0.2) is 13.4 Å². The molecule has 0 radical (unpaired) electrons. The molecule has 0 amide bonds. The average molecular weight is 396 g/mol. The monoisotopic (exact) mass is 394 g/mol. The largest absolute Gasteiger partial charge is 0.265 e. The van der Waals surface area contributed by atoms with Crippen molar-refractivity contribution in [3.63, 3.8) is 0 Å². The molecule has 2 aromatic rings. The van der Waals surface area contributed by atoms with Gasteiger partial charge < -0.3 is 0 Å². The van der Waals surface area contributed by atoms with E-state index in [9.17, 15) is 8.42 Å². The topological polar surface area (TPSA) is 50.3 Å². The molecule has 0 bridgehead atoms. The van der Waals surface area contributed by atoms with Crippen LogP contribution >= 0.6 is 39.1 Å². The molecule has 2 rings (SSSR count). The maximum atomic E-state index is 12.5. The van der Waals surface area contributed by atoms with Crippen LogP contribution in [-0.2, 0) is 10.0 Å². The minimum atomic E-state index is -3.71. The number of hydrogen-bond donors (Lipinski definition) is 0. The van der Waals surface area contributed by atoms with Crippen LogP contribution in [0.2, 0.25) is 10.0 Å². The Bertz CT molecular complexity index is 736. The molecular formula is C12H9BrCl2N2O2S. The quantitative estimate of drug-likeness (QED) is 0.789. The van der Waals surface area contributed by atoms with Crippen LogP contribution in [0.1, 0.15) is 0 Å². The first-order valence-electron chi connectivity index (χ1n) is 5.38. The van der Waals surface area contributed by atoms with Gasteiger partial charge in [-0.05, 0) is 46.3 Å².